The highest BCUT2D eigenvalue weighted by molar-refractivity contribution is 6.37. The first kappa shape index (κ1) is 31.8. The van der Waals surface area contributed by atoms with Crippen molar-refractivity contribution < 1.29 is 19.1 Å². The lowest BCUT2D eigenvalue weighted by Gasteiger charge is -2.27. The first-order valence-corrected chi connectivity index (χ1v) is 14.5. The summed E-state index contributed by atoms with van der Waals surface area (Å²) in [6.45, 7) is 6.15. The maximum absolute atomic E-state index is 13.0. The number of para-hydroxylation sites is 1. The smallest absolute Gasteiger partial charge is 0.328 e. The van der Waals surface area contributed by atoms with Crippen molar-refractivity contribution in [1.82, 2.24) is 0 Å². The van der Waals surface area contributed by atoms with Crippen LogP contribution in [0.25, 0.3) is 0 Å². The minimum atomic E-state index is -1.36. The van der Waals surface area contributed by atoms with Gasteiger partial charge in [0.25, 0.3) is 0 Å². The third-order valence-corrected chi connectivity index (χ3v) is 7.43. The number of ether oxygens (including phenoxy) is 2. The van der Waals surface area contributed by atoms with E-state index >= 15 is 0 Å². The Kier molecular flexibility index (Phi) is 17.2. The molecule has 0 fully saturated rings. The zero-order chi connectivity index (χ0) is 25.9. The second-order valence-electron chi connectivity index (χ2n) is 9.46. The Morgan fingerprint density at radius 3 is 1.54 bits per heavy atom. The molecule has 200 valence electrons. The molecule has 0 saturated carbocycles. The van der Waals surface area contributed by atoms with Crippen molar-refractivity contribution in [2.45, 2.75) is 124 Å². The first-order valence-electron chi connectivity index (χ1n) is 13.8. The molecule has 0 aliphatic heterocycles. The Hall–Kier alpha value is -1.26. The average Bonchev–Trinajstić information content (AvgIpc) is 2.85. The van der Waals surface area contributed by atoms with Crippen LogP contribution in [0.3, 0.4) is 0 Å². The minimum absolute atomic E-state index is 0.0758. The molecule has 0 atom stereocenters. The molecule has 4 nitrogen and oxygen atoms in total. The van der Waals surface area contributed by atoms with Crippen LogP contribution in [0.2, 0.25) is 10.0 Å². The van der Waals surface area contributed by atoms with E-state index in [1.165, 1.54) is 70.6 Å². The van der Waals surface area contributed by atoms with Gasteiger partial charge >= 0.3 is 11.9 Å². The van der Waals surface area contributed by atoms with Gasteiger partial charge in [-0.3, -0.25) is 9.59 Å². The van der Waals surface area contributed by atoms with Crippen molar-refractivity contribution in [3.63, 3.8) is 0 Å². The summed E-state index contributed by atoms with van der Waals surface area (Å²) in [7, 11) is 0. The van der Waals surface area contributed by atoms with Crippen molar-refractivity contribution in [2.75, 3.05) is 6.61 Å². The van der Waals surface area contributed by atoms with Crippen LogP contribution >= 0.6 is 23.2 Å². The van der Waals surface area contributed by atoms with Gasteiger partial charge in [0.05, 0.1) is 16.7 Å². The fourth-order valence-corrected chi connectivity index (χ4v) is 4.76. The molecule has 0 aliphatic rings. The highest BCUT2D eigenvalue weighted by Gasteiger charge is 2.46. The number of halogens is 2. The molecular weight excluding hydrogens is 483 g/mol. The van der Waals surface area contributed by atoms with Gasteiger partial charge in [-0.25, -0.2) is 0 Å². The molecule has 0 aliphatic carbocycles. The predicted octanol–water partition coefficient (Wildman–Crippen LogP) is 9.73. The number of benzene rings is 1. The fourth-order valence-electron chi connectivity index (χ4n) is 4.28. The molecule has 0 saturated heterocycles. The summed E-state index contributed by atoms with van der Waals surface area (Å²) >= 11 is 12.2. The van der Waals surface area contributed by atoms with Crippen molar-refractivity contribution in [2.24, 2.45) is 5.41 Å². The number of carbonyl (C=O) groups excluding carboxylic acids is 2. The van der Waals surface area contributed by atoms with Gasteiger partial charge in [-0.15, -0.1) is 0 Å². The van der Waals surface area contributed by atoms with Crippen LogP contribution in [-0.2, 0) is 14.3 Å². The van der Waals surface area contributed by atoms with Crippen LogP contribution in [0.1, 0.15) is 124 Å². The van der Waals surface area contributed by atoms with Gasteiger partial charge < -0.3 is 9.47 Å². The second kappa shape index (κ2) is 18.9. The molecule has 1 aromatic carbocycles. The fraction of sp³-hybridized carbons (Fsp3) is 0.724. The third kappa shape index (κ3) is 11.6. The van der Waals surface area contributed by atoms with Gasteiger partial charge in [0.2, 0.25) is 0 Å². The monoisotopic (exact) mass is 528 g/mol. The van der Waals surface area contributed by atoms with Crippen LogP contribution in [0, 0.1) is 5.41 Å². The molecule has 6 heteroatoms. The zero-order valence-corrected chi connectivity index (χ0v) is 23.7. The number of rotatable bonds is 20. The maximum Gasteiger partial charge on any atom is 0.328 e. The van der Waals surface area contributed by atoms with Crippen LogP contribution in [0.5, 0.6) is 5.75 Å². The van der Waals surface area contributed by atoms with Crippen molar-refractivity contribution >= 4 is 35.1 Å². The Morgan fingerprint density at radius 1 is 0.686 bits per heavy atom. The molecule has 35 heavy (non-hydrogen) atoms. The van der Waals surface area contributed by atoms with Gasteiger partial charge in [-0.2, -0.15) is 0 Å². The summed E-state index contributed by atoms with van der Waals surface area (Å²) in [6, 6.07) is 4.84. The van der Waals surface area contributed by atoms with Crippen LogP contribution < -0.4 is 4.74 Å². The summed E-state index contributed by atoms with van der Waals surface area (Å²) in [5, 5.41) is 0.450. The van der Waals surface area contributed by atoms with E-state index in [-0.39, 0.29) is 28.6 Å². The van der Waals surface area contributed by atoms with Crippen LogP contribution in [-0.4, -0.2) is 18.5 Å². The van der Waals surface area contributed by atoms with E-state index in [0.717, 1.165) is 19.3 Å². The van der Waals surface area contributed by atoms with Gasteiger partial charge in [0.15, 0.2) is 11.2 Å². The summed E-state index contributed by atoms with van der Waals surface area (Å²) in [5.74, 6) is -1.14. The Morgan fingerprint density at radius 2 is 1.11 bits per heavy atom. The van der Waals surface area contributed by atoms with E-state index < -0.39 is 17.4 Å². The molecule has 0 spiro atoms. The topological polar surface area (TPSA) is 52.6 Å². The van der Waals surface area contributed by atoms with Crippen molar-refractivity contribution in [3.8, 4) is 5.75 Å². The number of carbonyl (C=O) groups is 2. The van der Waals surface area contributed by atoms with Gasteiger partial charge in [0, 0.05) is 0 Å². The minimum Gasteiger partial charge on any atom is -0.465 e. The molecule has 0 N–H and O–H groups in total. The van der Waals surface area contributed by atoms with Crippen LogP contribution in [0.4, 0.5) is 0 Å². The molecule has 1 rings (SSSR count). The Labute approximate surface area is 223 Å². The molecular formula is C29H46Cl2O4. The molecule has 0 bridgehead atoms. The summed E-state index contributed by atoms with van der Waals surface area (Å²) in [6.07, 6.45) is 18.3. The van der Waals surface area contributed by atoms with E-state index in [2.05, 4.69) is 6.92 Å². The summed E-state index contributed by atoms with van der Waals surface area (Å²) in [4.78, 5) is 25.8. The normalized spacial score (nSPS) is 11.5. The van der Waals surface area contributed by atoms with Gasteiger partial charge in [0.1, 0.15) is 0 Å². The number of hydrogen-bond acceptors (Lipinski definition) is 4. The quantitative estimate of drug-likeness (QED) is 0.0730. The lowest BCUT2D eigenvalue weighted by Crippen LogP contribution is -2.42. The molecule has 0 radical (unpaired) electrons. The standard InChI is InChI=1S/C29H46Cl2O4/c1-4-7-8-9-10-11-12-13-14-15-16-17-18-19-23-34-27(32)29(5-2,6-3)28(33)35-26-24(30)21-20-22-25(26)31/h20-22H,4-19,23H2,1-3H3. The highest BCUT2D eigenvalue weighted by Crippen LogP contribution is 2.36. The van der Waals surface area contributed by atoms with Crippen LogP contribution in [0.15, 0.2) is 18.2 Å². The van der Waals surface area contributed by atoms with E-state index in [0.29, 0.717) is 6.61 Å². The Bertz CT molecular complexity index is 711. The molecule has 0 heterocycles. The highest BCUT2D eigenvalue weighted by atomic mass is 35.5. The number of unbranched alkanes of at least 4 members (excludes halogenated alkanes) is 13. The SMILES string of the molecule is CCCCCCCCCCCCCCCCOC(=O)C(CC)(CC)C(=O)Oc1c(Cl)cccc1Cl. The van der Waals surface area contributed by atoms with E-state index in [4.69, 9.17) is 32.7 Å². The van der Waals surface area contributed by atoms with Gasteiger partial charge in [-0.1, -0.05) is 134 Å². The number of esters is 2. The lowest BCUT2D eigenvalue weighted by molar-refractivity contribution is -0.168. The lowest BCUT2D eigenvalue weighted by atomic mass is 9.82. The van der Waals surface area contributed by atoms with E-state index in [9.17, 15) is 9.59 Å². The third-order valence-electron chi connectivity index (χ3n) is 6.83. The molecule has 0 unspecified atom stereocenters. The molecule has 1 aromatic rings. The van der Waals surface area contributed by atoms with Crippen molar-refractivity contribution in [3.05, 3.63) is 28.2 Å². The largest absolute Gasteiger partial charge is 0.465 e. The first-order chi connectivity index (χ1) is 16.9. The van der Waals surface area contributed by atoms with E-state index in [1.807, 2.05) is 0 Å². The molecule has 0 aromatic heterocycles. The zero-order valence-electron chi connectivity index (χ0n) is 22.1. The Balaban J connectivity index is 2.25. The number of hydrogen-bond donors (Lipinski definition) is 0. The second-order valence-corrected chi connectivity index (χ2v) is 10.3. The predicted molar refractivity (Wildman–Crippen MR) is 146 cm³/mol. The van der Waals surface area contributed by atoms with E-state index in [1.54, 1.807) is 32.0 Å². The summed E-state index contributed by atoms with van der Waals surface area (Å²) < 4.78 is 11.0. The maximum atomic E-state index is 13.0. The van der Waals surface area contributed by atoms with Gasteiger partial charge in [-0.05, 0) is 31.4 Å². The van der Waals surface area contributed by atoms with Crippen molar-refractivity contribution in [1.29, 1.82) is 0 Å². The summed E-state index contributed by atoms with van der Waals surface area (Å²) in [5.41, 5.74) is -1.36. The molecule has 0 amide bonds. The average molecular weight is 530 g/mol.